The molecule has 3 N–H and O–H groups in total. The van der Waals surface area contributed by atoms with Crippen molar-refractivity contribution in [3.63, 3.8) is 0 Å². The van der Waals surface area contributed by atoms with Crippen LogP contribution < -0.4 is 20.1 Å². The van der Waals surface area contributed by atoms with Crippen molar-refractivity contribution >= 4 is 28.3 Å². The standard InChI is InChI=1S/C31H33FN6O6S/c1-30(6-10-42-18-30)26-17-38(37-36-26)9-11-43-24-13-19-5-7-34-31(2,16-27(39)35-29-33-8-12-45-29)22(19)15-25(24)44-20-3-4-21(28(40)41)23(32)14-20/h3-4,8,12-15,17,34H,5-7,9-11,16,18H2,1-2H3,(H,40,41)(H,33,35,39)/t30?,31-/m1/s1. The third kappa shape index (κ3) is 6.67. The fourth-order valence-corrected chi connectivity index (χ4v) is 6.22. The van der Waals surface area contributed by atoms with Crippen LogP contribution in [0.1, 0.15) is 53.9 Å². The molecule has 2 aromatic heterocycles. The second-order valence-corrected chi connectivity index (χ2v) is 12.5. The number of carbonyl (C=O) groups is 2. The van der Waals surface area contributed by atoms with E-state index in [2.05, 4.69) is 32.9 Å². The zero-order valence-corrected chi connectivity index (χ0v) is 25.7. The molecule has 1 amide bonds. The fraction of sp³-hybridized carbons (Fsp3) is 0.387. The largest absolute Gasteiger partial charge is 0.488 e. The van der Waals surface area contributed by atoms with Crippen LogP contribution in [0, 0.1) is 5.82 Å². The molecule has 14 heteroatoms. The highest BCUT2D eigenvalue weighted by atomic mass is 32.1. The summed E-state index contributed by atoms with van der Waals surface area (Å²) in [5.74, 6) is -1.69. The predicted molar refractivity (Wildman–Crippen MR) is 163 cm³/mol. The third-order valence-electron chi connectivity index (χ3n) is 8.22. The van der Waals surface area contributed by atoms with Gasteiger partial charge in [0.2, 0.25) is 5.91 Å². The van der Waals surface area contributed by atoms with Gasteiger partial charge in [0, 0.05) is 54.4 Å². The molecule has 12 nitrogen and oxygen atoms in total. The van der Waals surface area contributed by atoms with Gasteiger partial charge in [0.25, 0.3) is 0 Å². The molecule has 1 saturated heterocycles. The molecule has 1 unspecified atom stereocenters. The highest BCUT2D eigenvalue weighted by Crippen LogP contribution is 2.41. The van der Waals surface area contributed by atoms with Crippen LogP contribution >= 0.6 is 11.3 Å². The number of aromatic nitrogens is 4. The number of anilines is 1. The number of nitrogens with one attached hydrogen (secondary N) is 2. The highest BCUT2D eigenvalue weighted by Gasteiger charge is 2.36. The molecule has 45 heavy (non-hydrogen) atoms. The van der Waals surface area contributed by atoms with Gasteiger partial charge in [0.1, 0.15) is 18.2 Å². The van der Waals surface area contributed by atoms with Crippen molar-refractivity contribution < 1.29 is 33.3 Å². The Morgan fingerprint density at radius 2 is 2.11 bits per heavy atom. The number of halogens is 1. The summed E-state index contributed by atoms with van der Waals surface area (Å²) in [5, 5.41) is 26.5. The van der Waals surface area contributed by atoms with Gasteiger partial charge < -0.3 is 30.0 Å². The minimum Gasteiger partial charge on any atom is -0.488 e. The average molecular weight is 637 g/mol. The number of hydrogen-bond donors (Lipinski definition) is 3. The predicted octanol–water partition coefficient (Wildman–Crippen LogP) is 4.51. The molecule has 2 aliphatic rings. The van der Waals surface area contributed by atoms with E-state index in [9.17, 15) is 19.1 Å². The SMILES string of the molecule is CC1(c2cn(CCOc3cc4c(cc3Oc3ccc(C(=O)O)c(F)c3)[C@@](C)(CC(=O)Nc3nccs3)NCC4)nn2)CCOC1. The number of ether oxygens (including phenoxy) is 3. The van der Waals surface area contributed by atoms with Crippen molar-refractivity contribution in [2.75, 3.05) is 31.7 Å². The number of fused-ring (bicyclic) bond motifs is 1. The first-order chi connectivity index (χ1) is 21.6. The molecular formula is C31H33FN6O6S. The zero-order chi connectivity index (χ0) is 31.6. The van der Waals surface area contributed by atoms with Crippen LogP contribution in [-0.2, 0) is 33.5 Å². The van der Waals surface area contributed by atoms with Crippen molar-refractivity contribution in [1.29, 1.82) is 0 Å². The highest BCUT2D eigenvalue weighted by molar-refractivity contribution is 7.13. The summed E-state index contributed by atoms with van der Waals surface area (Å²) in [4.78, 5) is 28.5. The van der Waals surface area contributed by atoms with Gasteiger partial charge in [-0.2, -0.15) is 0 Å². The lowest BCUT2D eigenvalue weighted by Gasteiger charge is -2.37. The van der Waals surface area contributed by atoms with Gasteiger partial charge in [-0.25, -0.2) is 18.9 Å². The molecule has 1 fully saturated rings. The van der Waals surface area contributed by atoms with Gasteiger partial charge >= 0.3 is 5.97 Å². The summed E-state index contributed by atoms with van der Waals surface area (Å²) in [6.45, 7) is 6.64. The number of aromatic carboxylic acids is 1. The second kappa shape index (κ2) is 12.5. The molecule has 236 valence electrons. The molecule has 4 aromatic rings. The van der Waals surface area contributed by atoms with Crippen LogP contribution in [-0.4, -0.2) is 63.3 Å². The van der Waals surface area contributed by atoms with E-state index in [1.807, 2.05) is 19.2 Å². The maximum absolute atomic E-state index is 14.6. The summed E-state index contributed by atoms with van der Waals surface area (Å²) >= 11 is 1.34. The maximum atomic E-state index is 14.6. The van der Waals surface area contributed by atoms with Crippen molar-refractivity contribution in [3.05, 3.63) is 76.3 Å². The molecule has 2 atom stereocenters. The first-order valence-electron chi connectivity index (χ1n) is 14.6. The van der Waals surface area contributed by atoms with E-state index in [4.69, 9.17) is 14.2 Å². The molecule has 6 rings (SSSR count). The van der Waals surface area contributed by atoms with Crippen LogP contribution in [0.3, 0.4) is 0 Å². The molecule has 0 aliphatic carbocycles. The number of benzene rings is 2. The Morgan fingerprint density at radius 1 is 1.24 bits per heavy atom. The van der Waals surface area contributed by atoms with Crippen LogP contribution in [0.15, 0.2) is 48.1 Å². The lowest BCUT2D eigenvalue weighted by Crippen LogP contribution is -2.47. The molecule has 2 aliphatic heterocycles. The first kappa shape index (κ1) is 30.6. The molecule has 4 heterocycles. The Morgan fingerprint density at radius 3 is 2.84 bits per heavy atom. The molecule has 0 radical (unpaired) electrons. The normalized spacial score (nSPS) is 20.9. The lowest BCUT2D eigenvalue weighted by atomic mass is 9.81. The van der Waals surface area contributed by atoms with Crippen LogP contribution in [0.25, 0.3) is 0 Å². The van der Waals surface area contributed by atoms with Gasteiger partial charge in [0.05, 0.1) is 24.4 Å². The van der Waals surface area contributed by atoms with Gasteiger partial charge in [-0.05, 0) is 55.2 Å². The van der Waals surface area contributed by atoms with Crippen LogP contribution in [0.4, 0.5) is 9.52 Å². The molecule has 2 aromatic carbocycles. The Bertz CT molecular complexity index is 1710. The zero-order valence-electron chi connectivity index (χ0n) is 24.8. The number of nitrogens with zero attached hydrogens (tertiary/aromatic N) is 4. The summed E-state index contributed by atoms with van der Waals surface area (Å²) < 4.78 is 34.2. The summed E-state index contributed by atoms with van der Waals surface area (Å²) in [6, 6.07) is 7.24. The van der Waals surface area contributed by atoms with Crippen molar-refractivity contribution in [1.82, 2.24) is 25.3 Å². The van der Waals surface area contributed by atoms with E-state index >= 15 is 0 Å². The van der Waals surface area contributed by atoms with Crippen LogP contribution in [0.5, 0.6) is 17.2 Å². The minimum atomic E-state index is -1.37. The van der Waals surface area contributed by atoms with Gasteiger partial charge in [-0.3, -0.25) is 4.79 Å². The molecule has 0 bridgehead atoms. The number of carbonyl (C=O) groups excluding carboxylic acids is 1. The lowest BCUT2D eigenvalue weighted by molar-refractivity contribution is -0.117. The van der Waals surface area contributed by atoms with Crippen molar-refractivity contribution in [2.24, 2.45) is 0 Å². The fourth-order valence-electron chi connectivity index (χ4n) is 5.67. The molecule has 0 saturated carbocycles. The Kier molecular flexibility index (Phi) is 8.53. The number of amides is 1. The second-order valence-electron chi connectivity index (χ2n) is 11.7. The van der Waals surface area contributed by atoms with E-state index < -0.39 is 22.9 Å². The Balaban J connectivity index is 1.26. The molecule has 0 spiro atoms. The van der Waals surface area contributed by atoms with Gasteiger partial charge in [0.15, 0.2) is 16.6 Å². The first-order valence-corrected chi connectivity index (χ1v) is 15.4. The number of carboxylic acid groups (broad SMARTS) is 1. The van der Waals surface area contributed by atoms with E-state index in [-0.39, 0.29) is 30.1 Å². The summed E-state index contributed by atoms with van der Waals surface area (Å²) in [6.07, 6.45) is 5.22. The Hall–Kier alpha value is -4.40. The smallest absolute Gasteiger partial charge is 0.338 e. The van der Waals surface area contributed by atoms with Crippen LogP contribution in [0.2, 0.25) is 0 Å². The topological polar surface area (TPSA) is 150 Å². The minimum absolute atomic E-state index is 0.0993. The quantitative estimate of drug-likeness (QED) is 0.215. The molecular weight excluding hydrogens is 603 g/mol. The summed E-state index contributed by atoms with van der Waals surface area (Å²) in [5.41, 5.74) is 1.31. The van der Waals surface area contributed by atoms with Crippen molar-refractivity contribution in [2.45, 2.75) is 50.6 Å². The number of carboxylic acids is 1. The third-order valence-corrected chi connectivity index (χ3v) is 8.91. The maximum Gasteiger partial charge on any atom is 0.338 e. The van der Waals surface area contributed by atoms with Gasteiger partial charge in [-0.15, -0.1) is 16.4 Å². The van der Waals surface area contributed by atoms with Crippen molar-refractivity contribution in [3.8, 4) is 17.2 Å². The average Bonchev–Trinajstić information content (AvgIpc) is 3.77. The monoisotopic (exact) mass is 636 g/mol. The summed E-state index contributed by atoms with van der Waals surface area (Å²) in [7, 11) is 0. The van der Waals surface area contributed by atoms with E-state index in [1.54, 1.807) is 22.3 Å². The number of hydrogen-bond acceptors (Lipinski definition) is 10. The number of rotatable bonds is 11. The van der Waals surface area contributed by atoms with Gasteiger partial charge in [-0.1, -0.05) is 12.1 Å². The number of thiazole rings is 1. The van der Waals surface area contributed by atoms with E-state index in [0.717, 1.165) is 35.4 Å². The van der Waals surface area contributed by atoms with E-state index in [1.165, 1.54) is 17.4 Å². The van der Waals surface area contributed by atoms with E-state index in [0.29, 0.717) is 49.4 Å². The Labute approximate surface area is 262 Å².